The van der Waals surface area contributed by atoms with Crippen molar-refractivity contribution in [2.24, 2.45) is 5.92 Å². The lowest BCUT2D eigenvalue weighted by Gasteiger charge is -2.23. The van der Waals surface area contributed by atoms with Crippen LogP contribution < -0.4 is 15.0 Å². The topological polar surface area (TPSA) is 58.6 Å². The first-order chi connectivity index (χ1) is 13.4. The zero-order chi connectivity index (χ0) is 20.1. The van der Waals surface area contributed by atoms with Gasteiger partial charge in [-0.05, 0) is 42.2 Å². The van der Waals surface area contributed by atoms with E-state index in [-0.39, 0.29) is 30.4 Å². The van der Waals surface area contributed by atoms with E-state index in [9.17, 15) is 9.59 Å². The van der Waals surface area contributed by atoms with E-state index in [0.29, 0.717) is 17.2 Å². The summed E-state index contributed by atoms with van der Waals surface area (Å²) in [5.41, 5.74) is 1.81. The van der Waals surface area contributed by atoms with Crippen LogP contribution in [0.3, 0.4) is 0 Å². The molecule has 1 aliphatic heterocycles. The average molecular weight is 401 g/mol. The number of nitrogens with zero attached hydrogens (tertiary/aromatic N) is 1. The Kier molecular flexibility index (Phi) is 6.57. The minimum Gasteiger partial charge on any atom is -0.484 e. The standard InChI is InChI=1S/C22H25ClN2O3/c1-15(2)22(16-8-10-17(23)11-9-16)24-20(26)14-28-19-6-3-5-18(13-19)25-12-4-7-21(25)27/h3,5-6,8-11,13,15,22H,4,7,12,14H2,1-2H3,(H,24,26). The molecule has 2 aromatic rings. The molecule has 1 fully saturated rings. The molecular formula is C22H25ClN2O3. The third-order valence-corrected chi connectivity index (χ3v) is 5.04. The van der Waals surface area contributed by atoms with E-state index < -0.39 is 0 Å². The number of hydrogen-bond acceptors (Lipinski definition) is 3. The minimum atomic E-state index is -0.198. The predicted octanol–water partition coefficient (Wildman–Crippen LogP) is 4.36. The van der Waals surface area contributed by atoms with E-state index in [1.807, 2.05) is 36.4 Å². The molecule has 0 aliphatic carbocycles. The number of anilines is 1. The van der Waals surface area contributed by atoms with Crippen LogP contribution in [-0.2, 0) is 9.59 Å². The Morgan fingerprint density at radius 2 is 1.96 bits per heavy atom. The molecule has 6 heteroatoms. The van der Waals surface area contributed by atoms with Gasteiger partial charge in [0.05, 0.1) is 6.04 Å². The van der Waals surface area contributed by atoms with E-state index >= 15 is 0 Å². The molecule has 1 N–H and O–H groups in total. The molecule has 3 rings (SSSR count). The molecule has 28 heavy (non-hydrogen) atoms. The van der Waals surface area contributed by atoms with Gasteiger partial charge < -0.3 is 15.0 Å². The Balaban J connectivity index is 1.60. The van der Waals surface area contributed by atoms with Crippen molar-refractivity contribution in [2.45, 2.75) is 32.7 Å². The maximum absolute atomic E-state index is 12.4. The zero-order valence-electron chi connectivity index (χ0n) is 16.2. The Labute approximate surface area is 170 Å². The van der Waals surface area contributed by atoms with Crippen molar-refractivity contribution in [3.05, 3.63) is 59.1 Å². The van der Waals surface area contributed by atoms with Gasteiger partial charge in [0.15, 0.2) is 6.61 Å². The Bertz CT molecular complexity index is 836. The number of nitrogens with one attached hydrogen (secondary N) is 1. The van der Waals surface area contributed by atoms with Crippen molar-refractivity contribution in [2.75, 3.05) is 18.1 Å². The normalized spacial score (nSPS) is 15.0. The Morgan fingerprint density at radius 3 is 2.61 bits per heavy atom. The fourth-order valence-electron chi connectivity index (χ4n) is 3.33. The van der Waals surface area contributed by atoms with Crippen molar-refractivity contribution < 1.29 is 14.3 Å². The SMILES string of the molecule is CC(C)C(NC(=O)COc1cccc(N2CCCC2=O)c1)c1ccc(Cl)cc1. The predicted molar refractivity (Wildman–Crippen MR) is 111 cm³/mol. The lowest BCUT2D eigenvalue weighted by atomic mass is 9.96. The second-order valence-corrected chi connectivity index (χ2v) is 7.71. The third kappa shape index (κ3) is 5.04. The fourth-order valence-corrected chi connectivity index (χ4v) is 3.46. The van der Waals surface area contributed by atoms with E-state index in [0.717, 1.165) is 24.2 Å². The van der Waals surface area contributed by atoms with Crippen molar-refractivity contribution in [3.63, 3.8) is 0 Å². The molecule has 0 bridgehead atoms. The molecule has 1 atom stereocenters. The summed E-state index contributed by atoms with van der Waals surface area (Å²) in [4.78, 5) is 26.1. The van der Waals surface area contributed by atoms with Crippen molar-refractivity contribution in [1.82, 2.24) is 5.32 Å². The number of ether oxygens (including phenoxy) is 1. The second kappa shape index (κ2) is 9.11. The third-order valence-electron chi connectivity index (χ3n) is 4.78. The van der Waals surface area contributed by atoms with Crippen molar-refractivity contribution in [1.29, 1.82) is 0 Å². The van der Waals surface area contributed by atoms with Gasteiger partial charge in [0.1, 0.15) is 5.75 Å². The van der Waals surface area contributed by atoms with Crippen LogP contribution in [0.15, 0.2) is 48.5 Å². The molecule has 148 valence electrons. The maximum atomic E-state index is 12.4. The summed E-state index contributed by atoms with van der Waals surface area (Å²) in [7, 11) is 0. The molecule has 5 nitrogen and oxygen atoms in total. The highest BCUT2D eigenvalue weighted by Gasteiger charge is 2.22. The highest BCUT2D eigenvalue weighted by Crippen LogP contribution is 2.26. The van der Waals surface area contributed by atoms with Gasteiger partial charge in [-0.1, -0.05) is 43.6 Å². The first kappa shape index (κ1) is 20.2. The van der Waals surface area contributed by atoms with Gasteiger partial charge >= 0.3 is 0 Å². The highest BCUT2D eigenvalue weighted by molar-refractivity contribution is 6.30. The van der Waals surface area contributed by atoms with Gasteiger partial charge in [0.2, 0.25) is 5.91 Å². The number of amides is 2. The monoisotopic (exact) mass is 400 g/mol. The molecule has 0 aromatic heterocycles. The summed E-state index contributed by atoms with van der Waals surface area (Å²) in [6.07, 6.45) is 1.45. The van der Waals surface area contributed by atoms with Crippen molar-refractivity contribution in [3.8, 4) is 5.75 Å². The van der Waals surface area contributed by atoms with Crippen LogP contribution in [0.2, 0.25) is 5.02 Å². The van der Waals surface area contributed by atoms with Gasteiger partial charge in [0, 0.05) is 29.7 Å². The van der Waals surface area contributed by atoms with Crippen LogP contribution >= 0.6 is 11.6 Å². The molecule has 0 saturated carbocycles. The second-order valence-electron chi connectivity index (χ2n) is 7.28. The first-order valence-corrected chi connectivity index (χ1v) is 9.90. The largest absolute Gasteiger partial charge is 0.484 e. The summed E-state index contributed by atoms with van der Waals surface area (Å²) in [5, 5.41) is 3.69. The molecular weight excluding hydrogens is 376 g/mol. The Morgan fingerprint density at radius 1 is 1.21 bits per heavy atom. The van der Waals surface area contributed by atoms with Crippen LogP contribution in [0, 0.1) is 5.92 Å². The highest BCUT2D eigenvalue weighted by atomic mass is 35.5. The summed E-state index contributed by atoms with van der Waals surface area (Å²) in [5.74, 6) is 0.712. The summed E-state index contributed by atoms with van der Waals surface area (Å²) in [6.45, 7) is 4.74. The molecule has 0 radical (unpaired) electrons. The van der Waals surface area contributed by atoms with Gasteiger partial charge in [-0.15, -0.1) is 0 Å². The number of carbonyl (C=O) groups excluding carboxylic acids is 2. The average Bonchev–Trinajstić information content (AvgIpc) is 3.11. The van der Waals surface area contributed by atoms with E-state index in [1.54, 1.807) is 17.0 Å². The zero-order valence-corrected chi connectivity index (χ0v) is 16.9. The number of benzene rings is 2. The fraction of sp³-hybridized carbons (Fsp3) is 0.364. The number of hydrogen-bond donors (Lipinski definition) is 1. The first-order valence-electron chi connectivity index (χ1n) is 9.52. The molecule has 1 aliphatic rings. The van der Waals surface area contributed by atoms with Crippen LogP contribution in [0.1, 0.15) is 38.3 Å². The van der Waals surface area contributed by atoms with Crippen LogP contribution in [0.25, 0.3) is 0 Å². The summed E-state index contributed by atoms with van der Waals surface area (Å²) >= 11 is 5.96. The quantitative estimate of drug-likeness (QED) is 0.751. The number of rotatable bonds is 7. The van der Waals surface area contributed by atoms with E-state index in [2.05, 4.69) is 19.2 Å². The van der Waals surface area contributed by atoms with Crippen LogP contribution in [0.5, 0.6) is 5.75 Å². The summed E-state index contributed by atoms with van der Waals surface area (Å²) in [6, 6.07) is 14.7. The minimum absolute atomic E-state index is 0.0891. The lowest BCUT2D eigenvalue weighted by molar-refractivity contribution is -0.124. The molecule has 2 amide bonds. The van der Waals surface area contributed by atoms with Gasteiger partial charge in [0.25, 0.3) is 5.91 Å². The molecule has 1 unspecified atom stereocenters. The molecule has 0 spiro atoms. The van der Waals surface area contributed by atoms with Gasteiger partial charge in [-0.25, -0.2) is 0 Å². The van der Waals surface area contributed by atoms with E-state index in [4.69, 9.17) is 16.3 Å². The van der Waals surface area contributed by atoms with Crippen LogP contribution in [-0.4, -0.2) is 25.0 Å². The number of carbonyl (C=O) groups is 2. The van der Waals surface area contributed by atoms with Crippen LogP contribution in [0.4, 0.5) is 5.69 Å². The maximum Gasteiger partial charge on any atom is 0.258 e. The molecule has 2 aromatic carbocycles. The summed E-state index contributed by atoms with van der Waals surface area (Å²) < 4.78 is 5.67. The molecule has 1 heterocycles. The van der Waals surface area contributed by atoms with Gasteiger partial charge in [-0.3, -0.25) is 9.59 Å². The lowest BCUT2D eigenvalue weighted by Crippen LogP contribution is -2.35. The van der Waals surface area contributed by atoms with Gasteiger partial charge in [-0.2, -0.15) is 0 Å². The number of halogens is 1. The molecule has 1 saturated heterocycles. The van der Waals surface area contributed by atoms with E-state index in [1.165, 1.54) is 0 Å². The Hall–Kier alpha value is -2.53. The smallest absolute Gasteiger partial charge is 0.258 e. The van der Waals surface area contributed by atoms with Crippen molar-refractivity contribution >= 4 is 29.1 Å².